The molecular weight excluding hydrogens is 371 g/mol. The molecular formula is C15H14ClFN4O3S. The van der Waals surface area contributed by atoms with Crippen molar-refractivity contribution in [1.82, 2.24) is 19.6 Å². The molecule has 132 valence electrons. The highest BCUT2D eigenvalue weighted by Crippen LogP contribution is 2.19. The van der Waals surface area contributed by atoms with Crippen LogP contribution in [-0.2, 0) is 27.8 Å². The van der Waals surface area contributed by atoms with E-state index >= 15 is 0 Å². The molecule has 0 spiro atoms. The van der Waals surface area contributed by atoms with Gasteiger partial charge in [0.25, 0.3) is 0 Å². The number of nitrogens with one attached hydrogen (secondary N) is 1. The van der Waals surface area contributed by atoms with E-state index in [1.54, 1.807) is 6.20 Å². The first kappa shape index (κ1) is 17.7. The predicted molar refractivity (Wildman–Crippen MR) is 87.8 cm³/mol. The molecule has 0 saturated heterocycles. The number of hydrogen-bond acceptors (Lipinski definition) is 5. The van der Waals surface area contributed by atoms with Crippen molar-refractivity contribution in [1.29, 1.82) is 0 Å². The maximum atomic E-state index is 13.1. The summed E-state index contributed by atoms with van der Waals surface area (Å²) in [5.74, 6) is -1.09. The molecule has 7 nitrogen and oxygen atoms in total. The molecule has 1 N–H and O–H groups in total. The zero-order chi connectivity index (χ0) is 18.0. The Morgan fingerprint density at radius 1 is 1.40 bits per heavy atom. The molecule has 0 saturated carbocycles. The molecule has 0 fully saturated rings. The average Bonchev–Trinajstić information content (AvgIpc) is 2.61. The highest BCUT2D eigenvalue weighted by Gasteiger charge is 2.23. The minimum atomic E-state index is -3.97. The zero-order valence-electron chi connectivity index (χ0n) is 12.9. The summed E-state index contributed by atoms with van der Waals surface area (Å²) in [6.45, 7) is 0.381. The van der Waals surface area contributed by atoms with Crippen LogP contribution in [0.1, 0.15) is 11.3 Å². The third-order valence-electron chi connectivity index (χ3n) is 3.83. The first-order valence-corrected chi connectivity index (χ1v) is 9.23. The van der Waals surface area contributed by atoms with Crippen LogP contribution in [0, 0.1) is 5.82 Å². The van der Waals surface area contributed by atoms with Crippen LogP contribution in [0.5, 0.6) is 0 Å². The maximum Gasteiger partial charge on any atom is 0.241 e. The molecule has 10 heteroatoms. The lowest BCUT2D eigenvalue weighted by molar-refractivity contribution is -0.130. The third kappa shape index (κ3) is 3.94. The summed E-state index contributed by atoms with van der Waals surface area (Å²) >= 11 is 5.60. The molecule has 2 aromatic rings. The normalized spacial score (nSPS) is 14.2. The number of sulfonamides is 1. The Bertz CT molecular complexity index is 923. The van der Waals surface area contributed by atoms with E-state index in [0.29, 0.717) is 19.5 Å². The van der Waals surface area contributed by atoms with E-state index in [4.69, 9.17) is 11.6 Å². The molecule has 1 amide bonds. The summed E-state index contributed by atoms with van der Waals surface area (Å²) in [5.41, 5.74) is 1.73. The van der Waals surface area contributed by atoms with Crippen molar-refractivity contribution in [3.8, 4) is 0 Å². The maximum absolute atomic E-state index is 13.1. The van der Waals surface area contributed by atoms with Gasteiger partial charge in [-0.3, -0.25) is 4.79 Å². The van der Waals surface area contributed by atoms with Crippen LogP contribution in [-0.4, -0.2) is 42.3 Å². The van der Waals surface area contributed by atoms with E-state index in [2.05, 4.69) is 14.7 Å². The molecule has 3 rings (SSSR count). The van der Waals surface area contributed by atoms with Crippen LogP contribution in [0.2, 0.25) is 5.02 Å². The quantitative estimate of drug-likeness (QED) is 0.853. The SMILES string of the molecule is O=C(CNS(=O)(=O)c1ccc(F)c(Cl)c1)N1CCc2ncncc2C1. The highest BCUT2D eigenvalue weighted by atomic mass is 35.5. The van der Waals surface area contributed by atoms with Gasteiger partial charge in [0.1, 0.15) is 12.1 Å². The third-order valence-corrected chi connectivity index (χ3v) is 5.52. The van der Waals surface area contributed by atoms with Crippen LogP contribution in [0.4, 0.5) is 4.39 Å². The molecule has 0 unspecified atom stereocenters. The van der Waals surface area contributed by atoms with Gasteiger partial charge in [0.05, 0.1) is 22.2 Å². The van der Waals surface area contributed by atoms with Crippen molar-refractivity contribution in [3.05, 3.63) is 52.8 Å². The molecule has 1 aromatic carbocycles. The number of hydrogen-bond donors (Lipinski definition) is 1. The fourth-order valence-corrected chi connectivity index (χ4v) is 3.72. The number of rotatable bonds is 4. The largest absolute Gasteiger partial charge is 0.337 e. The Balaban J connectivity index is 1.65. The number of amides is 1. The van der Waals surface area contributed by atoms with Gasteiger partial charge in [-0.1, -0.05) is 11.6 Å². The lowest BCUT2D eigenvalue weighted by Gasteiger charge is -2.27. The number of aromatic nitrogens is 2. The van der Waals surface area contributed by atoms with Crippen molar-refractivity contribution >= 4 is 27.5 Å². The molecule has 2 heterocycles. The van der Waals surface area contributed by atoms with E-state index < -0.39 is 22.4 Å². The Labute approximate surface area is 148 Å². The fourth-order valence-electron chi connectivity index (χ4n) is 2.48. The van der Waals surface area contributed by atoms with E-state index in [1.165, 1.54) is 11.2 Å². The van der Waals surface area contributed by atoms with Gasteiger partial charge in [-0.25, -0.2) is 27.5 Å². The summed E-state index contributed by atoms with van der Waals surface area (Å²) < 4.78 is 39.8. The minimum absolute atomic E-state index is 0.205. The molecule has 25 heavy (non-hydrogen) atoms. The van der Waals surface area contributed by atoms with Crippen LogP contribution >= 0.6 is 11.6 Å². The molecule has 0 aliphatic carbocycles. The van der Waals surface area contributed by atoms with Crippen molar-refractivity contribution in [2.24, 2.45) is 0 Å². The van der Waals surface area contributed by atoms with E-state index in [-0.39, 0.29) is 15.8 Å². The van der Waals surface area contributed by atoms with Gasteiger partial charge in [0, 0.05) is 31.3 Å². The lowest BCUT2D eigenvalue weighted by Crippen LogP contribution is -2.42. The average molecular weight is 385 g/mol. The molecule has 1 aromatic heterocycles. The van der Waals surface area contributed by atoms with Crippen molar-refractivity contribution in [2.45, 2.75) is 17.9 Å². The number of fused-ring (bicyclic) bond motifs is 1. The first-order valence-electron chi connectivity index (χ1n) is 7.37. The minimum Gasteiger partial charge on any atom is -0.337 e. The van der Waals surface area contributed by atoms with Gasteiger partial charge in [-0.05, 0) is 18.2 Å². The van der Waals surface area contributed by atoms with Crippen molar-refractivity contribution in [2.75, 3.05) is 13.1 Å². The number of benzene rings is 1. The molecule has 0 bridgehead atoms. The summed E-state index contributed by atoms with van der Waals surface area (Å²) in [6.07, 6.45) is 3.69. The van der Waals surface area contributed by atoms with Gasteiger partial charge in [-0.2, -0.15) is 0 Å². The summed E-state index contributed by atoms with van der Waals surface area (Å²) in [7, 11) is -3.97. The molecule has 0 atom stereocenters. The number of halogens is 2. The Morgan fingerprint density at radius 3 is 2.96 bits per heavy atom. The number of carbonyl (C=O) groups is 1. The van der Waals surface area contributed by atoms with E-state index in [1.807, 2.05) is 0 Å². The van der Waals surface area contributed by atoms with Crippen LogP contribution < -0.4 is 4.72 Å². The van der Waals surface area contributed by atoms with Gasteiger partial charge in [0.2, 0.25) is 15.9 Å². The van der Waals surface area contributed by atoms with Gasteiger partial charge in [0.15, 0.2) is 0 Å². The molecule has 0 radical (unpaired) electrons. The van der Waals surface area contributed by atoms with Crippen LogP contribution in [0.25, 0.3) is 0 Å². The monoisotopic (exact) mass is 384 g/mol. The molecule has 1 aliphatic heterocycles. The smallest absolute Gasteiger partial charge is 0.241 e. The Morgan fingerprint density at radius 2 is 2.20 bits per heavy atom. The molecule has 1 aliphatic rings. The number of nitrogens with zero attached hydrogens (tertiary/aromatic N) is 3. The van der Waals surface area contributed by atoms with Crippen molar-refractivity contribution < 1.29 is 17.6 Å². The predicted octanol–water partition coefficient (Wildman–Crippen LogP) is 1.13. The second kappa shape index (κ2) is 7.03. The van der Waals surface area contributed by atoms with Gasteiger partial charge >= 0.3 is 0 Å². The summed E-state index contributed by atoms with van der Waals surface area (Å²) in [5, 5.41) is -0.304. The lowest BCUT2D eigenvalue weighted by atomic mass is 10.1. The highest BCUT2D eigenvalue weighted by molar-refractivity contribution is 7.89. The van der Waals surface area contributed by atoms with Crippen LogP contribution in [0.15, 0.2) is 35.6 Å². The Kier molecular flexibility index (Phi) is 4.98. The summed E-state index contributed by atoms with van der Waals surface area (Å²) in [6, 6.07) is 3.04. The second-order valence-corrected chi connectivity index (χ2v) is 7.63. The second-order valence-electron chi connectivity index (χ2n) is 5.46. The van der Waals surface area contributed by atoms with E-state index in [0.717, 1.165) is 29.5 Å². The van der Waals surface area contributed by atoms with Crippen LogP contribution in [0.3, 0.4) is 0 Å². The first-order chi connectivity index (χ1) is 11.9. The fraction of sp³-hybridized carbons (Fsp3) is 0.267. The standard InChI is InChI=1S/C15H14ClFN4O3S/c16-12-5-11(1-2-13(12)17)25(23,24)20-7-15(22)21-4-3-14-10(8-21)6-18-9-19-14/h1-2,5-6,9,20H,3-4,7-8H2. The van der Waals surface area contributed by atoms with Crippen molar-refractivity contribution in [3.63, 3.8) is 0 Å². The topological polar surface area (TPSA) is 92.3 Å². The summed E-state index contributed by atoms with van der Waals surface area (Å²) in [4.78, 5) is 21.7. The number of carbonyl (C=O) groups excluding carboxylic acids is 1. The zero-order valence-corrected chi connectivity index (χ0v) is 14.5. The van der Waals surface area contributed by atoms with Gasteiger partial charge in [-0.15, -0.1) is 0 Å². The van der Waals surface area contributed by atoms with Gasteiger partial charge < -0.3 is 4.90 Å². The Hall–Kier alpha value is -2.10. The van der Waals surface area contributed by atoms with E-state index in [9.17, 15) is 17.6 Å².